The second-order valence-electron chi connectivity index (χ2n) is 3.71. The Kier molecular flexibility index (Phi) is 2.99. The predicted octanol–water partition coefficient (Wildman–Crippen LogP) is 1.52. The molecule has 1 atom stereocenters. The molecule has 0 saturated carbocycles. The summed E-state index contributed by atoms with van der Waals surface area (Å²) in [4.78, 5) is 4.22. The maximum atomic E-state index is 5.81. The molecular weight excluding hydrogens is 176 g/mol. The van der Waals surface area contributed by atoms with Crippen molar-refractivity contribution in [3.8, 4) is 5.88 Å². The van der Waals surface area contributed by atoms with E-state index < -0.39 is 0 Å². The zero-order chi connectivity index (χ0) is 9.80. The Morgan fingerprint density at radius 2 is 2.50 bits per heavy atom. The van der Waals surface area contributed by atoms with Gasteiger partial charge in [-0.2, -0.15) is 0 Å². The number of nitrogens with zero attached hydrogens (tertiary/aromatic N) is 1. The maximum Gasteiger partial charge on any atom is 0.216 e. The van der Waals surface area contributed by atoms with E-state index in [0.717, 1.165) is 31.0 Å². The first-order chi connectivity index (χ1) is 6.86. The smallest absolute Gasteiger partial charge is 0.216 e. The fourth-order valence-electron chi connectivity index (χ4n) is 1.67. The second kappa shape index (κ2) is 4.42. The van der Waals surface area contributed by atoms with Crippen LogP contribution in [0.3, 0.4) is 0 Å². The molecule has 1 unspecified atom stereocenters. The third-order valence-electron chi connectivity index (χ3n) is 2.49. The molecule has 2 heterocycles. The van der Waals surface area contributed by atoms with Crippen LogP contribution in [0.25, 0.3) is 0 Å². The van der Waals surface area contributed by atoms with E-state index in [9.17, 15) is 0 Å². The fraction of sp³-hybridized carbons (Fsp3) is 0.545. The lowest BCUT2D eigenvalue weighted by Crippen LogP contribution is -2.37. The van der Waals surface area contributed by atoms with Gasteiger partial charge in [-0.25, -0.2) is 4.98 Å². The van der Waals surface area contributed by atoms with Crippen molar-refractivity contribution in [3.63, 3.8) is 0 Å². The van der Waals surface area contributed by atoms with E-state index in [1.54, 1.807) is 6.20 Å². The molecule has 3 nitrogen and oxygen atoms in total. The van der Waals surface area contributed by atoms with Crippen LogP contribution in [-0.4, -0.2) is 24.2 Å². The highest BCUT2D eigenvalue weighted by Crippen LogP contribution is 2.16. The van der Waals surface area contributed by atoms with Crippen LogP contribution >= 0.6 is 0 Å². The van der Waals surface area contributed by atoms with Gasteiger partial charge in [0.05, 0.1) is 0 Å². The number of rotatable bonds is 2. The molecule has 0 amide bonds. The van der Waals surface area contributed by atoms with Gasteiger partial charge >= 0.3 is 0 Å². The molecule has 1 aromatic heterocycles. The quantitative estimate of drug-likeness (QED) is 0.771. The number of aromatic nitrogens is 1. The van der Waals surface area contributed by atoms with Gasteiger partial charge in [0.2, 0.25) is 5.88 Å². The van der Waals surface area contributed by atoms with Gasteiger partial charge in [0.1, 0.15) is 6.10 Å². The van der Waals surface area contributed by atoms with E-state index in [1.165, 1.54) is 6.42 Å². The number of hydrogen-bond acceptors (Lipinski definition) is 3. The molecule has 1 aromatic rings. The molecule has 1 aliphatic heterocycles. The van der Waals surface area contributed by atoms with Crippen molar-refractivity contribution >= 4 is 0 Å². The summed E-state index contributed by atoms with van der Waals surface area (Å²) in [5.41, 5.74) is 1.11. The van der Waals surface area contributed by atoms with Crippen molar-refractivity contribution in [2.24, 2.45) is 0 Å². The SMILES string of the molecule is Cc1cccnc1OC1CCCNC1. The first-order valence-electron chi connectivity index (χ1n) is 5.15. The Bertz CT molecular complexity index is 295. The Morgan fingerprint density at radius 1 is 1.57 bits per heavy atom. The van der Waals surface area contributed by atoms with Crippen LogP contribution in [0.2, 0.25) is 0 Å². The van der Waals surface area contributed by atoms with Crippen molar-refractivity contribution < 1.29 is 4.74 Å². The molecule has 1 fully saturated rings. The minimum Gasteiger partial charge on any atom is -0.473 e. The third kappa shape index (κ3) is 2.23. The number of pyridine rings is 1. The molecule has 76 valence electrons. The van der Waals surface area contributed by atoms with Gasteiger partial charge in [0.25, 0.3) is 0 Å². The standard InChI is InChI=1S/C11H16N2O/c1-9-4-2-7-13-11(9)14-10-5-3-6-12-8-10/h2,4,7,10,12H,3,5-6,8H2,1H3. The van der Waals surface area contributed by atoms with Gasteiger partial charge in [0, 0.05) is 18.3 Å². The van der Waals surface area contributed by atoms with Crippen LogP contribution in [0.15, 0.2) is 18.3 Å². The average molecular weight is 192 g/mol. The largest absolute Gasteiger partial charge is 0.473 e. The summed E-state index contributed by atoms with van der Waals surface area (Å²) in [5, 5.41) is 3.32. The molecule has 0 aromatic carbocycles. The maximum absolute atomic E-state index is 5.81. The van der Waals surface area contributed by atoms with Crippen LogP contribution in [0, 0.1) is 6.92 Å². The summed E-state index contributed by atoms with van der Waals surface area (Å²) < 4.78 is 5.81. The van der Waals surface area contributed by atoms with Crippen LogP contribution in [0.4, 0.5) is 0 Å². The van der Waals surface area contributed by atoms with Crippen LogP contribution in [-0.2, 0) is 0 Å². The second-order valence-corrected chi connectivity index (χ2v) is 3.71. The predicted molar refractivity (Wildman–Crippen MR) is 55.5 cm³/mol. The zero-order valence-corrected chi connectivity index (χ0v) is 8.49. The van der Waals surface area contributed by atoms with Crippen molar-refractivity contribution in [2.45, 2.75) is 25.9 Å². The normalized spacial score (nSPS) is 21.9. The number of aryl methyl sites for hydroxylation is 1. The van der Waals surface area contributed by atoms with Gasteiger partial charge in [-0.1, -0.05) is 6.07 Å². The number of ether oxygens (including phenoxy) is 1. The molecular formula is C11H16N2O. The molecule has 0 radical (unpaired) electrons. The van der Waals surface area contributed by atoms with Gasteiger partial charge in [-0.15, -0.1) is 0 Å². The fourth-order valence-corrected chi connectivity index (χ4v) is 1.67. The molecule has 0 bridgehead atoms. The van der Waals surface area contributed by atoms with Crippen molar-refractivity contribution in [3.05, 3.63) is 23.9 Å². The Hall–Kier alpha value is -1.09. The molecule has 0 spiro atoms. The number of nitrogens with one attached hydrogen (secondary N) is 1. The lowest BCUT2D eigenvalue weighted by molar-refractivity contribution is 0.159. The van der Waals surface area contributed by atoms with Gasteiger partial charge < -0.3 is 10.1 Å². The summed E-state index contributed by atoms with van der Waals surface area (Å²) in [5.74, 6) is 0.779. The van der Waals surface area contributed by atoms with Gasteiger partial charge in [0.15, 0.2) is 0 Å². The Balaban J connectivity index is 1.99. The lowest BCUT2D eigenvalue weighted by atomic mass is 10.1. The minimum absolute atomic E-state index is 0.289. The summed E-state index contributed by atoms with van der Waals surface area (Å²) >= 11 is 0. The third-order valence-corrected chi connectivity index (χ3v) is 2.49. The monoisotopic (exact) mass is 192 g/mol. The zero-order valence-electron chi connectivity index (χ0n) is 8.49. The van der Waals surface area contributed by atoms with E-state index >= 15 is 0 Å². The molecule has 1 saturated heterocycles. The molecule has 0 aliphatic carbocycles. The Morgan fingerprint density at radius 3 is 3.21 bits per heavy atom. The summed E-state index contributed by atoms with van der Waals surface area (Å²) in [6.07, 6.45) is 4.38. The minimum atomic E-state index is 0.289. The molecule has 1 N–H and O–H groups in total. The van der Waals surface area contributed by atoms with Gasteiger partial charge in [-0.05, 0) is 32.4 Å². The first kappa shape index (κ1) is 9.46. The van der Waals surface area contributed by atoms with E-state index in [4.69, 9.17) is 4.74 Å². The van der Waals surface area contributed by atoms with Crippen molar-refractivity contribution in [2.75, 3.05) is 13.1 Å². The summed E-state index contributed by atoms with van der Waals surface area (Å²) in [6.45, 7) is 4.08. The first-order valence-corrected chi connectivity index (χ1v) is 5.15. The van der Waals surface area contributed by atoms with Crippen LogP contribution < -0.4 is 10.1 Å². The van der Waals surface area contributed by atoms with Gasteiger partial charge in [-0.3, -0.25) is 0 Å². The number of piperidine rings is 1. The topological polar surface area (TPSA) is 34.1 Å². The Labute approximate surface area is 84.5 Å². The highest BCUT2D eigenvalue weighted by atomic mass is 16.5. The highest BCUT2D eigenvalue weighted by molar-refractivity contribution is 5.23. The molecule has 1 aliphatic rings. The van der Waals surface area contributed by atoms with E-state index in [1.807, 2.05) is 19.1 Å². The lowest BCUT2D eigenvalue weighted by Gasteiger charge is -2.23. The molecule has 14 heavy (non-hydrogen) atoms. The average Bonchev–Trinajstić information content (AvgIpc) is 2.23. The van der Waals surface area contributed by atoms with E-state index in [-0.39, 0.29) is 6.10 Å². The van der Waals surface area contributed by atoms with Crippen molar-refractivity contribution in [1.82, 2.24) is 10.3 Å². The van der Waals surface area contributed by atoms with E-state index in [0.29, 0.717) is 0 Å². The van der Waals surface area contributed by atoms with Crippen LogP contribution in [0.5, 0.6) is 5.88 Å². The molecule has 2 rings (SSSR count). The van der Waals surface area contributed by atoms with Crippen LogP contribution in [0.1, 0.15) is 18.4 Å². The van der Waals surface area contributed by atoms with Crippen molar-refractivity contribution in [1.29, 1.82) is 0 Å². The summed E-state index contributed by atoms with van der Waals surface area (Å²) in [7, 11) is 0. The summed E-state index contributed by atoms with van der Waals surface area (Å²) in [6, 6.07) is 3.96. The number of hydrogen-bond donors (Lipinski definition) is 1. The highest BCUT2D eigenvalue weighted by Gasteiger charge is 2.15. The van der Waals surface area contributed by atoms with E-state index in [2.05, 4.69) is 10.3 Å². The molecule has 3 heteroatoms.